The molecule has 0 fully saturated rings. The van der Waals surface area contributed by atoms with Gasteiger partial charge in [-0.2, -0.15) is 0 Å². The molecule has 2 N–H and O–H groups in total. The molecule has 1 aliphatic rings. The van der Waals surface area contributed by atoms with E-state index in [4.69, 9.17) is 0 Å². The lowest BCUT2D eigenvalue weighted by atomic mass is 9.98. The van der Waals surface area contributed by atoms with E-state index >= 15 is 0 Å². The summed E-state index contributed by atoms with van der Waals surface area (Å²) in [5, 5.41) is 3.02. The van der Waals surface area contributed by atoms with Crippen molar-refractivity contribution in [1.82, 2.24) is 4.72 Å². The predicted molar refractivity (Wildman–Crippen MR) is 139 cm³/mol. The summed E-state index contributed by atoms with van der Waals surface area (Å²) in [7, 11) is -3.58. The number of nitrogens with one attached hydrogen (secondary N) is 2. The highest BCUT2D eigenvalue weighted by Crippen LogP contribution is 2.28. The molecule has 1 atom stereocenters. The van der Waals surface area contributed by atoms with Crippen molar-refractivity contribution in [2.45, 2.75) is 30.7 Å². The first kappa shape index (κ1) is 23.0. The third-order valence-electron chi connectivity index (χ3n) is 6.31. The lowest BCUT2D eigenvalue weighted by Crippen LogP contribution is -2.35. The van der Waals surface area contributed by atoms with Crippen LogP contribution in [-0.2, 0) is 22.9 Å². The SMILES string of the molecule is Cc1ccc(-c2ccccc2C(=O)Nc2ccc3c(c2)CC(NS(=O)(=O)c2ccccc2)C3)cc1. The molecule has 0 aliphatic heterocycles. The summed E-state index contributed by atoms with van der Waals surface area (Å²) in [6.07, 6.45) is 1.19. The lowest BCUT2D eigenvalue weighted by Gasteiger charge is -2.12. The Morgan fingerprint density at radius 2 is 1.49 bits per heavy atom. The highest BCUT2D eigenvalue weighted by molar-refractivity contribution is 7.89. The molecule has 0 aromatic heterocycles. The van der Waals surface area contributed by atoms with E-state index in [0.29, 0.717) is 24.1 Å². The minimum Gasteiger partial charge on any atom is -0.322 e. The van der Waals surface area contributed by atoms with E-state index in [1.807, 2.05) is 73.7 Å². The zero-order valence-corrected chi connectivity index (χ0v) is 20.2. The van der Waals surface area contributed by atoms with Crippen LogP contribution in [0.25, 0.3) is 11.1 Å². The first-order valence-corrected chi connectivity index (χ1v) is 13.0. The summed E-state index contributed by atoms with van der Waals surface area (Å²) in [6.45, 7) is 2.04. The summed E-state index contributed by atoms with van der Waals surface area (Å²) in [4.78, 5) is 13.4. The fraction of sp³-hybridized carbons (Fsp3) is 0.138. The van der Waals surface area contributed by atoms with Crippen molar-refractivity contribution in [3.05, 3.63) is 119 Å². The Bertz CT molecular complexity index is 1480. The molecule has 4 aromatic carbocycles. The van der Waals surface area contributed by atoms with Gasteiger partial charge in [0.15, 0.2) is 0 Å². The molecule has 0 spiro atoms. The zero-order chi connectivity index (χ0) is 24.4. The van der Waals surface area contributed by atoms with Gasteiger partial charge in [-0.15, -0.1) is 0 Å². The smallest absolute Gasteiger partial charge is 0.256 e. The van der Waals surface area contributed by atoms with Gasteiger partial charge in [0.1, 0.15) is 0 Å². The van der Waals surface area contributed by atoms with Crippen LogP contribution in [-0.4, -0.2) is 20.4 Å². The third kappa shape index (κ3) is 5.04. The summed E-state index contributed by atoms with van der Waals surface area (Å²) in [5.74, 6) is -0.180. The van der Waals surface area contributed by atoms with Crippen LogP contribution in [0.2, 0.25) is 0 Å². The monoisotopic (exact) mass is 482 g/mol. The molecular weight excluding hydrogens is 456 g/mol. The van der Waals surface area contributed by atoms with Crippen molar-refractivity contribution in [1.29, 1.82) is 0 Å². The van der Waals surface area contributed by atoms with Crippen molar-refractivity contribution >= 4 is 21.6 Å². The molecule has 0 radical (unpaired) electrons. The summed E-state index contributed by atoms with van der Waals surface area (Å²) < 4.78 is 28.2. The Kier molecular flexibility index (Phi) is 6.24. The maximum Gasteiger partial charge on any atom is 0.256 e. The number of hydrogen-bond donors (Lipinski definition) is 2. The Balaban J connectivity index is 1.31. The van der Waals surface area contributed by atoms with Crippen LogP contribution in [0.4, 0.5) is 5.69 Å². The van der Waals surface area contributed by atoms with Crippen LogP contribution < -0.4 is 10.0 Å². The van der Waals surface area contributed by atoms with Gasteiger partial charge in [-0.25, -0.2) is 13.1 Å². The molecule has 1 aliphatic carbocycles. The molecule has 6 heteroatoms. The van der Waals surface area contributed by atoms with Crippen LogP contribution in [0, 0.1) is 6.92 Å². The van der Waals surface area contributed by atoms with Gasteiger partial charge in [-0.05, 0) is 72.4 Å². The number of aryl methyl sites for hydroxylation is 1. The van der Waals surface area contributed by atoms with Gasteiger partial charge >= 0.3 is 0 Å². The van der Waals surface area contributed by atoms with Crippen molar-refractivity contribution in [2.24, 2.45) is 0 Å². The molecule has 0 heterocycles. The van der Waals surface area contributed by atoms with Gasteiger partial charge in [0, 0.05) is 17.3 Å². The number of amides is 1. The maximum absolute atomic E-state index is 13.2. The molecule has 0 saturated heterocycles. The second kappa shape index (κ2) is 9.49. The second-order valence-electron chi connectivity index (χ2n) is 8.89. The number of sulfonamides is 1. The van der Waals surface area contributed by atoms with Crippen LogP contribution in [0.15, 0.2) is 102 Å². The molecular formula is C29H26N2O3S. The Morgan fingerprint density at radius 3 is 2.26 bits per heavy atom. The normalized spacial score (nSPS) is 14.9. The van der Waals surface area contributed by atoms with Crippen molar-refractivity contribution in [3.8, 4) is 11.1 Å². The number of carbonyl (C=O) groups excluding carboxylic acids is 1. The quantitative estimate of drug-likeness (QED) is 0.389. The molecule has 0 saturated carbocycles. The molecule has 1 amide bonds. The number of hydrogen-bond acceptors (Lipinski definition) is 3. The molecule has 5 nitrogen and oxygen atoms in total. The van der Waals surface area contributed by atoms with Crippen LogP contribution >= 0.6 is 0 Å². The molecule has 1 unspecified atom stereocenters. The average molecular weight is 483 g/mol. The van der Waals surface area contributed by atoms with E-state index in [1.165, 1.54) is 0 Å². The zero-order valence-electron chi connectivity index (χ0n) is 19.4. The third-order valence-corrected chi connectivity index (χ3v) is 7.84. The average Bonchev–Trinajstić information content (AvgIpc) is 3.26. The van der Waals surface area contributed by atoms with E-state index in [-0.39, 0.29) is 16.8 Å². The summed E-state index contributed by atoms with van der Waals surface area (Å²) in [6, 6.07) is 29.6. The van der Waals surface area contributed by atoms with Gasteiger partial charge in [0.25, 0.3) is 5.91 Å². The number of carbonyl (C=O) groups is 1. The first-order chi connectivity index (χ1) is 16.9. The largest absolute Gasteiger partial charge is 0.322 e. The number of fused-ring (bicyclic) bond motifs is 1. The van der Waals surface area contributed by atoms with Gasteiger partial charge in [-0.1, -0.05) is 72.3 Å². The molecule has 5 rings (SSSR count). The van der Waals surface area contributed by atoms with E-state index in [1.54, 1.807) is 30.3 Å². The first-order valence-electron chi connectivity index (χ1n) is 11.6. The molecule has 0 bridgehead atoms. The Labute approximate surface area is 205 Å². The lowest BCUT2D eigenvalue weighted by molar-refractivity contribution is 0.102. The highest BCUT2D eigenvalue weighted by Gasteiger charge is 2.27. The highest BCUT2D eigenvalue weighted by atomic mass is 32.2. The summed E-state index contributed by atoms with van der Waals surface area (Å²) in [5.41, 5.74) is 6.45. The van der Waals surface area contributed by atoms with Crippen LogP contribution in [0.1, 0.15) is 27.0 Å². The summed E-state index contributed by atoms with van der Waals surface area (Å²) >= 11 is 0. The predicted octanol–water partition coefficient (Wildman–Crippen LogP) is 5.36. The molecule has 4 aromatic rings. The van der Waals surface area contributed by atoms with E-state index in [0.717, 1.165) is 27.8 Å². The van der Waals surface area contributed by atoms with E-state index < -0.39 is 10.0 Å². The minimum absolute atomic E-state index is 0.180. The Hall–Kier alpha value is -3.74. The van der Waals surface area contributed by atoms with E-state index in [9.17, 15) is 13.2 Å². The number of benzene rings is 4. The van der Waals surface area contributed by atoms with E-state index in [2.05, 4.69) is 10.0 Å². The standard InChI is InChI=1S/C29H26N2O3S/c1-20-11-13-21(14-12-20)27-9-5-6-10-28(27)29(32)30-24-16-15-22-17-25(19-23(22)18-24)31-35(33,34)26-7-3-2-4-8-26/h2-16,18,25,31H,17,19H2,1H3,(H,30,32). The second-order valence-corrected chi connectivity index (χ2v) is 10.6. The van der Waals surface area contributed by atoms with Crippen LogP contribution in [0.5, 0.6) is 0 Å². The van der Waals surface area contributed by atoms with Crippen molar-refractivity contribution in [2.75, 3.05) is 5.32 Å². The maximum atomic E-state index is 13.2. The molecule has 176 valence electrons. The fourth-order valence-corrected chi connectivity index (χ4v) is 5.79. The number of rotatable bonds is 6. The van der Waals surface area contributed by atoms with Gasteiger partial charge in [0.2, 0.25) is 10.0 Å². The molecule has 35 heavy (non-hydrogen) atoms. The van der Waals surface area contributed by atoms with Gasteiger partial charge < -0.3 is 5.32 Å². The fourth-order valence-electron chi connectivity index (χ4n) is 4.53. The minimum atomic E-state index is -3.58. The van der Waals surface area contributed by atoms with Gasteiger partial charge in [-0.3, -0.25) is 4.79 Å². The number of anilines is 1. The van der Waals surface area contributed by atoms with Crippen molar-refractivity contribution in [3.63, 3.8) is 0 Å². The Morgan fingerprint density at radius 1 is 0.800 bits per heavy atom. The van der Waals surface area contributed by atoms with Crippen molar-refractivity contribution < 1.29 is 13.2 Å². The van der Waals surface area contributed by atoms with Gasteiger partial charge in [0.05, 0.1) is 4.90 Å². The van der Waals surface area contributed by atoms with Crippen LogP contribution in [0.3, 0.4) is 0 Å². The topological polar surface area (TPSA) is 75.3 Å².